The zero-order chi connectivity index (χ0) is 13.2. The molecule has 100 valence electrons. The van der Waals surface area contributed by atoms with E-state index in [4.69, 9.17) is 0 Å². The highest BCUT2D eigenvalue weighted by Gasteiger charge is 2.35. The summed E-state index contributed by atoms with van der Waals surface area (Å²) in [6.45, 7) is 1.71. The molecule has 1 atom stereocenters. The van der Waals surface area contributed by atoms with Crippen molar-refractivity contribution in [1.29, 1.82) is 0 Å². The van der Waals surface area contributed by atoms with E-state index in [0.717, 1.165) is 32.1 Å². The monoisotopic (exact) mass is 278 g/mol. The van der Waals surface area contributed by atoms with Crippen molar-refractivity contribution in [2.45, 2.75) is 25.4 Å². The molecule has 0 radical (unpaired) electrons. The number of nitrogens with zero attached hydrogens (tertiary/aromatic N) is 1. The van der Waals surface area contributed by atoms with E-state index in [1.54, 1.807) is 0 Å². The van der Waals surface area contributed by atoms with Crippen molar-refractivity contribution in [3.05, 3.63) is 16.1 Å². The Labute approximate surface area is 106 Å². The minimum Gasteiger partial charge on any atom is -0.316 e. The molecule has 1 unspecified atom stereocenters. The third-order valence-corrected chi connectivity index (χ3v) is 3.98. The van der Waals surface area contributed by atoms with E-state index in [1.165, 1.54) is 0 Å². The number of alkyl halides is 3. The first-order valence-corrected chi connectivity index (χ1v) is 6.55. The van der Waals surface area contributed by atoms with E-state index in [2.05, 4.69) is 10.3 Å². The van der Waals surface area contributed by atoms with E-state index in [9.17, 15) is 18.0 Å². The number of carbonyl (C=O) groups excluding carboxylic acids is 1. The van der Waals surface area contributed by atoms with Gasteiger partial charge in [0.15, 0.2) is 10.8 Å². The summed E-state index contributed by atoms with van der Waals surface area (Å²) in [6.07, 6.45) is -1.17. The van der Waals surface area contributed by atoms with Crippen LogP contribution in [0.3, 0.4) is 0 Å². The molecule has 1 saturated heterocycles. The van der Waals surface area contributed by atoms with Crippen LogP contribution in [0.2, 0.25) is 0 Å². The van der Waals surface area contributed by atoms with Crippen molar-refractivity contribution < 1.29 is 18.0 Å². The summed E-state index contributed by atoms with van der Waals surface area (Å²) >= 11 is 0.430. The lowest BCUT2D eigenvalue weighted by atomic mass is 9.94. The number of hydrogen-bond acceptors (Lipinski definition) is 4. The zero-order valence-electron chi connectivity index (χ0n) is 9.59. The van der Waals surface area contributed by atoms with Gasteiger partial charge in [-0.2, -0.15) is 13.2 Å². The fraction of sp³-hybridized carbons (Fsp3) is 0.636. The van der Waals surface area contributed by atoms with Gasteiger partial charge in [0, 0.05) is 12.6 Å². The van der Waals surface area contributed by atoms with Gasteiger partial charge in [0.05, 0.1) is 4.88 Å². The highest BCUT2D eigenvalue weighted by molar-refractivity contribution is 7.13. The lowest BCUT2D eigenvalue weighted by molar-refractivity contribution is -0.137. The summed E-state index contributed by atoms with van der Waals surface area (Å²) in [7, 11) is 0. The van der Waals surface area contributed by atoms with Gasteiger partial charge in [0.1, 0.15) is 0 Å². The highest BCUT2D eigenvalue weighted by Crippen LogP contribution is 2.33. The van der Waals surface area contributed by atoms with Crippen molar-refractivity contribution in [2.75, 3.05) is 13.1 Å². The SMILES string of the molecule is O=C(CC1CCCNC1)c1cnc(C(F)(F)F)s1. The standard InChI is InChI=1S/C11H13F3N2OS/c12-11(13,14)10-16-6-9(18-10)8(17)4-7-2-1-3-15-5-7/h6-7,15H,1-5H2. The second-order valence-corrected chi connectivity index (χ2v) is 5.40. The molecule has 1 aromatic rings. The van der Waals surface area contributed by atoms with Crippen LogP contribution in [0.25, 0.3) is 0 Å². The van der Waals surface area contributed by atoms with E-state index in [1.807, 2.05) is 0 Å². The van der Waals surface area contributed by atoms with Gasteiger partial charge < -0.3 is 5.32 Å². The molecular formula is C11H13F3N2OS. The Kier molecular flexibility index (Phi) is 4.01. The third-order valence-electron chi connectivity index (χ3n) is 2.90. The zero-order valence-corrected chi connectivity index (χ0v) is 10.4. The maximum atomic E-state index is 12.3. The lowest BCUT2D eigenvalue weighted by Crippen LogP contribution is -2.30. The van der Waals surface area contributed by atoms with Gasteiger partial charge >= 0.3 is 6.18 Å². The van der Waals surface area contributed by atoms with Crippen molar-refractivity contribution >= 4 is 17.1 Å². The minimum absolute atomic E-state index is 0.105. The van der Waals surface area contributed by atoms with Crippen LogP contribution in [-0.2, 0) is 6.18 Å². The smallest absolute Gasteiger partial charge is 0.316 e. The highest BCUT2D eigenvalue weighted by atomic mass is 32.1. The number of halogens is 3. The topological polar surface area (TPSA) is 42.0 Å². The molecule has 0 saturated carbocycles. The predicted molar refractivity (Wildman–Crippen MR) is 61.7 cm³/mol. The number of hydrogen-bond donors (Lipinski definition) is 1. The summed E-state index contributed by atoms with van der Waals surface area (Å²) in [6, 6.07) is 0. The molecule has 0 aliphatic carbocycles. The molecule has 1 aliphatic heterocycles. The first-order valence-electron chi connectivity index (χ1n) is 5.74. The van der Waals surface area contributed by atoms with Crippen LogP contribution in [0.15, 0.2) is 6.20 Å². The first-order chi connectivity index (χ1) is 8.47. The summed E-state index contributed by atoms with van der Waals surface area (Å²) in [4.78, 5) is 15.2. The molecule has 3 nitrogen and oxygen atoms in total. The minimum atomic E-state index is -4.46. The van der Waals surface area contributed by atoms with Gasteiger partial charge in [0.2, 0.25) is 0 Å². The van der Waals surface area contributed by atoms with Crippen molar-refractivity contribution in [1.82, 2.24) is 10.3 Å². The normalized spacial score (nSPS) is 20.9. The van der Waals surface area contributed by atoms with Gasteiger partial charge in [-0.05, 0) is 31.8 Å². The van der Waals surface area contributed by atoms with Gasteiger partial charge in [-0.25, -0.2) is 4.98 Å². The summed E-state index contributed by atoms with van der Waals surface area (Å²) in [5.74, 6) is -0.0145. The van der Waals surface area contributed by atoms with Crippen LogP contribution >= 0.6 is 11.3 Å². The molecule has 0 aromatic carbocycles. The Bertz CT molecular complexity index is 424. The maximum absolute atomic E-state index is 12.3. The Balaban J connectivity index is 1.98. The average molecular weight is 278 g/mol. The summed E-state index contributed by atoms with van der Waals surface area (Å²) in [5, 5.41) is 2.23. The van der Waals surface area contributed by atoms with Crippen LogP contribution in [0.1, 0.15) is 33.9 Å². The number of nitrogens with one attached hydrogen (secondary N) is 1. The molecule has 1 N–H and O–H groups in total. The van der Waals surface area contributed by atoms with Crippen LogP contribution in [-0.4, -0.2) is 23.9 Å². The van der Waals surface area contributed by atoms with Crippen LogP contribution < -0.4 is 5.32 Å². The third kappa shape index (κ3) is 3.29. The van der Waals surface area contributed by atoms with Crippen molar-refractivity contribution in [2.24, 2.45) is 5.92 Å². The number of Topliss-reactive ketones (excluding diaryl/α,β-unsaturated/α-hetero) is 1. The molecule has 1 fully saturated rings. The van der Waals surface area contributed by atoms with E-state index >= 15 is 0 Å². The number of aromatic nitrogens is 1. The second-order valence-electron chi connectivity index (χ2n) is 4.37. The Morgan fingerprint density at radius 1 is 1.56 bits per heavy atom. The number of carbonyl (C=O) groups is 1. The number of piperidine rings is 1. The van der Waals surface area contributed by atoms with Crippen LogP contribution in [0.4, 0.5) is 13.2 Å². The summed E-state index contributed by atoms with van der Waals surface area (Å²) in [5.41, 5.74) is 0. The molecule has 1 aromatic heterocycles. The number of rotatable bonds is 3. The molecule has 0 bridgehead atoms. The predicted octanol–water partition coefficient (Wildman–Crippen LogP) is 2.73. The average Bonchev–Trinajstić information content (AvgIpc) is 2.79. The fourth-order valence-corrected chi connectivity index (χ4v) is 2.73. The van der Waals surface area contributed by atoms with E-state index in [0.29, 0.717) is 17.8 Å². The van der Waals surface area contributed by atoms with Crippen molar-refractivity contribution in [3.63, 3.8) is 0 Å². The van der Waals surface area contributed by atoms with Gasteiger partial charge in [-0.15, -0.1) is 11.3 Å². The Hall–Kier alpha value is -0.950. The van der Waals surface area contributed by atoms with Gasteiger partial charge in [0.25, 0.3) is 0 Å². The molecule has 2 heterocycles. The lowest BCUT2D eigenvalue weighted by Gasteiger charge is -2.21. The quantitative estimate of drug-likeness (QED) is 0.864. The van der Waals surface area contributed by atoms with Gasteiger partial charge in [-0.1, -0.05) is 0 Å². The maximum Gasteiger partial charge on any atom is 0.443 e. The Morgan fingerprint density at radius 2 is 2.33 bits per heavy atom. The largest absolute Gasteiger partial charge is 0.443 e. The Morgan fingerprint density at radius 3 is 2.89 bits per heavy atom. The van der Waals surface area contributed by atoms with E-state index < -0.39 is 11.2 Å². The number of ketones is 1. The molecular weight excluding hydrogens is 265 g/mol. The summed E-state index contributed by atoms with van der Waals surface area (Å²) < 4.78 is 37.0. The molecule has 2 rings (SSSR count). The molecule has 0 amide bonds. The molecule has 0 spiro atoms. The van der Waals surface area contributed by atoms with E-state index in [-0.39, 0.29) is 16.6 Å². The van der Waals surface area contributed by atoms with Crippen LogP contribution in [0.5, 0.6) is 0 Å². The van der Waals surface area contributed by atoms with Gasteiger partial charge in [-0.3, -0.25) is 4.79 Å². The van der Waals surface area contributed by atoms with Crippen LogP contribution in [0, 0.1) is 5.92 Å². The number of thiazole rings is 1. The molecule has 7 heteroatoms. The molecule has 1 aliphatic rings. The van der Waals surface area contributed by atoms with Crippen molar-refractivity contribution in [3.8, 4) is 0 Å². The first kappa shape index (κ1) is 13.5. The second kappa shape index (κ2) is 5.36. The fourth-order valence-electron chi connectivity index (χ4n) is 2.00. The molecule has 18 heavy (non-hydrogen) atoms.